The number of phenolic OH excluding ortho intramolecular Hbond substituents is 1. The van der Waals surface area contributed by atoms with Gasteiger partial charge in [-0.15, -0.1) is 12.4 Å². The van der Waals surface area contributed by atoms with E-state index in [4.69, 9.17) is 4.74 Å². The summed E-state index contributed by atoms with van der Waals surface area (Å²) in [5.74, 6) is 0.533. The normalized spacial score (nSPS) is 12.9. The minimum absolute atomic E-state index is 0. The summed E-state index contributed by atoms with van der Waals surface area (Å²) in [4.78, 5) is 18.4. The molecule has 8 heteroatoms. The number of phenols is 1. The molecule has 1 aromatic heterocycles. The minimum atomic E-state index is -0.172. The molecule has 0 radical (unpaired) electrons. The molecule has 22 heavy (non-hydrogen) atoms. The lowest BCUT2D eigenvalue weighted by Crippen LogP contribution is -2.38. The van der Waals surface area contributed by atoms with E-state index in [1.54, 1.807) is 35.5 Å². The molecule has 1 aliphatic heterocycles. The van der Waals surface area contributed by atoms with E-state index in [1.165, 1.54) is 0 Å². The lowest BCUT2D eigenvalue weighted by Gasteiger charge is -2.29. The van der Waals surface area contributed by atoms with Crippen LogP contribution in [0.25, 0.3) is 0 Å². The zero-order valence-corrected chi connectivity index (χ0v) is 15.1. The molecule has 2 aromatic rings. The Hall–Kier alpha value is -1.31. The Bertz CT molecular complexity index is 704. The standard InChI is InChI=1S/C14H10Br2N2O3.ClH/c15-9-5-8(6-10(16)13(9)19)14(20)18-3-4-21-12-1-2-17-7-11(12)18;/h1-2,5-7,19H,3-4H2;1H. The SMILES string of the molecule is Cl.O=C(c1cc(Br)c(O)c(Br)c1)N1CCOc2ccncc21. The monoisotopic (exact) mass is 448 g/mol. The van der Waals surface area contributed by atoms with Crippen LogP contribution in [0.5, 0.6) is 11.5 Å². The molecule has 3 rings (SSSR count). The van der Waals surface area contributed by atoms with Gasteiger partial charge in [-0.2, -0.15) is 0 Å². The number of amides is 1. The second kappa shape index (κ2) is 6.85. The van der Waals surface area contributed by atoms with Crippen LogP contribution >= 0.6 is 44.3 Å². The number of anilines is 1. The molecule has 1 N–H and O–H groups in total. The van der Waals surface area contributed by atoms with Crippen LogP contribution in [0.2, 0.25) is 0 Å². The molecule has 0 atom stereocenters. The Labute approximate surface area is 150 Å². The van der Waals surface area contributed by atoms with E-state index >= 15 is 0 Å². The Kier molecular flexibility index (Phi) is 5.31. The Morgan fingerprint density at radius 3 is 2.68 bits per heavy atom. The minimum Gasteiger partial charge on any atom is -0.506 e. The smallest absolute Gasteiger partial charge is 0.258 e. The summed E-state index contributed by atoms with van der Waals surface area (Å²) < 4.78 is 6.43. The summed E-state index contributed by atoms with van der Waals surface area (Å²) in [6.45, 7) is 0.886. The summed E-state index contributed by atoms with van der Waals surface area (Å²) in [6.07, 6.45) is 3.23. The highest BCUT2D eigenvalue weighted by atomic mass is 79.9. The lowest BCUT2D eigenvalue weighted by atomic mass is 10.1. The Morgan fingerprint density at radius 2 is 2.00 bits per heavy atom. The summed E-state index contributed by atoms with van der Waals surface area (Å²) >= 11 is 6.47. The lowest BCUT2D eigenvalue weighted by molar-refractivity contribution is 0.0976. The van der Waals surface area contributed by atoms with Crippen molar-refractivity contribution in [2.24, 2.45) is 0 Å². The third-order valence-electron chi connectivity index (χ3n) is 3.13. The second-order valence-electron chi connectivity index (χ2n) is 4.44. The molecule has 0 unspecified atom stereocenters. The summed E-state index contributed by atoms with van der Waals surface area (Å²) in [5, 5.41) is 9.73. The van der Waals surface area contributed by atoms with Gasteiger partial charge in [0.2, 0.25) is 0 Å². The Balaban J connectivity index is 0.00000176. The molecule has 1 amide bonds. The van der Waals surface area contributed by atoms with Crippen LogP contribution in [0.3, 0.4) is 0 Å². The van der Waals surface area contributed by atoms with E-state index in [2.05, 4.69) is 36.8 Å². The van der Waals surface area contributed by atoms with Gasteiger partial charge >= 0.3 is 0 Å². The fourth-order valence-electron chi connectivity index (χ4n) is 2.12. The van der Waals surface area contributed by atoms with Crippen LogP contribution in [0.15, 0.2) is 39.5 Å². The maximum atomic E-state index is 12.7. The third kappa shape index (κ3) is 3.06. The molecular weight excluding hydrogens is 439 g/mol. The molecule has 0 aliphatic carbocycles. The van der Waals surface area contributed by atoms with Gasteiger partial charge in [0.15, 0.2) is 0 Å². The first-order valence-corrected chi connectivity index (χ1v) is 7.73. The number of aromatic nitrogens is 1. The predicted octanol–water partition coefficient (Wildman–Crippen LogP) is 3.77. The van der Waals surface area contributed by atoms with E-state index in [1.807, 2.05) is 0 Å². The summed E-state index contributed by atoms with van der Waals surface area (Å²) in [5.41, 5.74) is 1.11. The first-order valence-electron chi connectivity index (χ1n) is 6.14. The van der Waals surface area contributed by atoms with Gasteiger partial charge in [0.25, 0.3) is 5.91 Å². The zero-order valence-electron chi connectivity index (χ0n) is 11.1. The van der Waals surface area contributed by atoms with Gasteiger partial charge in [-0.05, 0) is 44.0 Å². The van der Waals surface area contributed by atoms with Crippen molar-refractivity contribution in [2.45, 2.75) is 0 Å². The average molecular weight is 451 g/mol. The van der Waals surface area contributed by atoms with E-state index in [-0.39, 0.29) is 24.1 Å². The highest BCUT2D eigenvalue weighted by Crippen LogP contribution is 2.35. The molecule has 116 valence electrons. The molecule has 1 aromatic carbocycles. The van der Waals surface area contributed by atoms with Gasteiger partial charge in [-0.3, -0.25) is 9.78 Å². The van der Waals surface area contributed by atoms with E-state index in [0.29, 0.717) is 39.1 Å². The predicted molar refractivity (Wildman–Crippen MR) is 92.2 cm³/mol. The average Bonchev–Trinajstić information content (AvgIpc) is 2.51. The topological polar surface area (TPSA) is 62.7 Å². The third-order valence-corrected chi connectivity index (χ3v) is 4.34. The van der Waals surface area contributed by atoms with Crippen LogP contribution in [-0.2, 0) is 0 Å². The molecule has 1 aliphatic rings. The van der Waals surface area contributed by atoms with Gasteiger partial charge in [-0.1, -0.05) is 0 Å². The summed E-state index contributed by atoms with van der Waals surface area (Å²) in [6, 6.07) is 4.92. The van der Waals surface area contributed by atoms with Crippen molar-refractivity contribution < 1.29 is 14.6 Å². The maximum Gasteiger partial charge on any atom is 0.258 e. The van der Waals surface area contributed by atoms with E-state index in [0.717, 1.165) is 0 Å². The molecule has 2 heterocycles. The number of carbonyl (C=O) groups is 1. The largest absolute Gasteiger partial charge is 0.506 e. The summed E-state index contributed by atoms with van der Waals surface area (Å²) in [7, 11) is 0. The number of ether oxygens (including phenoxy) is 1. The van der Waals surface area contributed by atoms with Crippen LogP contribution in [0, 0.1) is 0 Å². The number of halogens is 3. The maximum absolute atomic E-state index is 12.7. The molecule has 0 spiro atoms. The first kappa shape index (κ1) is 17.1. The molecule has 0 saturated carbocycles. The van der Waals surface area contributed by atoms with Gasteiger partial charge in [0.1, 0.15) is 23.8 Å². The van der Waals surface area contributed by atoms with Crippen LogP contribution < -0.4 is 9.64 Å². The second-order valence-corrected chi connectivity index (χ2v) is 6.15. The van der Waals surface area contributed by atoms with Crippen molar-refractivity contribution in [3.63, 3.8) is 0 Å². The molecule has 5 nitrogen and oxygen atoms in total. The zero-order chi connectivity index (χ0) is 15.0. The van der Waals surface area contributed by atoms with Crippen LogP contribution in [0.1, 0.15) is 10.4 Å². The number of rotatable bonds is 1. The number of aromatic hydroxyl groups is 1. The van der Waals surface area contributed by atoms with Crippen molar-refractivity contribution in [2.75, 3.05) is 18.1 Å². The van der Waals surface area contributed by atoms with Crippen LogP contribution in [-0.4, -0.2) is 29.1 Å². The first-order chi connectivity index (χ1) is 10.1. The van der Waals surface area contributed by atoms with Crippen molar-refractivity contribution in [3.8, 4) is 11.5 Å². The van der Waals surface area contributed by atoms with Crippen molar-refractivity contribution >= 4 is 55.9 Å². The number of carbonyl (C=O) groups excluding carboxylic acids is 1. The fourth-order valence-corrected chi connectivity index (χ4v) is 3.31. The molecule has 0 fully saturated rings. The van der Waals surface area contributed by atoms with E-state index < -0.39 is 0 Å². The number of hydrogen-bond acceptors (Lipinski definition) is 4. The fraction of sp³-hybridized carbons (Fsp3) is 0.143. The van der Waals surface area contributed by atoms with Crippen LogP contribution in [0.4, 0.5) is 5.69 Å². The number of pyridine rings is 1. The van der Waals surface area contributed by atoms with Gasteiger partial charge in [0, 0.05) is 17.8 Å². The van der Waals surface area contributed by atoms with Gasteiger partial charge in [0.05, 0.1) is 21.7 Å². The molecule has 0 saturated heterocycles. The highest BCUT2D eigenvalue weighted by Gasteiger charge is 2.25. The number of fused-ring (bicyclic) bond motifs is 1. The number of benzene rings is 1. The molecular formula is C14H11Br2ClN2O3. The molecule has 0 bridgehead atoms. The highest BCUT2D eigenvalue weighted by molar-refractivity contribution is 9.11. The van der Waals surface area contributed by atoms with E-state index in [9.17, 15) is 9.90 Å². The van der Waals surface area contributed by atoms with Crippen molar-refractivity contribution in [1.82, 2.24) is 4.98 Å². The number of hydrogen-bond donors (Lipinski definition) is 1. The van der Waals surface area contributed by atoms with Crippen molar-refractivity contribution in [3.05, 3.63) is 45.1 Å². The van der Waals surface area contributed by atoms with Gasteiger partial charge < -0.3 is 14.7 Å². The Morgan fingerprint density at radius 1 is 1.32 bits per heavy atom. The number of nitrogens with zero attached hydrogens (tertiary/aromatic N) is 2. The van der Waals surface area contributed by atoms with Crippen molar-refractivity contribution in [1.29, 1.82) is 0 Å². The van der Waals surface area contributed by atoms with Gasteiger partial charge in [-0.25, -0.2) is 0 Å². The quantitative estimate of drug-likeness (QED) is 0.719.